The summed E-state index contributed by atoms with van der Waals surface area (Å²) in [5.74, 6) is 0.0210. The average molecular weight is 398 g/mol. The van der Waals surface area contributed by atoms with Crippen LogP contribution in [0.25, 0.3) is 0 Å². The van der Waals surface area contributed by atoms with Gasteiger partial charge in [-0.05, 0) is 23.3 Å². The van der Waals surface area contributed by atoms with Gasteiger partial charge in [-0.1, -0.05) is 18.2 Å². The van der Waals surface area contributed by atoms with Crippen molar-refractivity contribution in [2.24, 2.45) is 14.1 Å². The lowest BCUT2D eigenvalue weighted by Gasteiger charge is -2.37. The van der Waals surface area contributed by atoms with Gasteiger partial charge in [0.05, 0.1) is 19.1 Å². The highest BCUT2D eigenvalue weighted by molar-refractivity contribution is 5.37. The maximum Gasteiger partial charge on any atom is 0.347 e. The van der Waals surface area contributed by atoms with Gasteiger partial charge in [-0.15, -0.1) is 0 Å². The van der Waals surface area contributed by atoms with E-state index in [4.69, 9.17) is 0 Å². The Hall–Kier alpha value is -3.76. The smallest absolute Gasteiger partial charge is 0.347 e. The molecule has 0 unspecified atom stereocenters. The number of hydrogen-bond acceptors (Lipinski definition) is 5. The maximum atomic E-state index is 12.8. The molecule has 0 saturated carbocycles. The van der Waals surface area contributed by atoms with Gasteiger partial charge in [-0.2, -0.15) is 0 Å². The summed E-state index contributed by atoms with van der Waals surface area (Å²) in [4.78, 5) is 50.7. The summed E-state index contributed by atoms with van der Waals surface area (Å²) in [7, 11) is 2.80. The first-order valence-corrected chi connectivity index (χ1v) is 9.06. The molecule has 1 aromatic carbocycles. The summed E-state index contributed by atoms with van der Waals surface area (Å²) in [6.45, 7) is 0.210. The van der Waals surface area contributed by atoms with Crippen LogP contribution < -0.4 is 22.8 Å². The first-order chi connectivity index (χ1) is 13.8. The first-order valence-electron chi connectivity index (χ1n) is 9.06. The highest BCUT2D eigenvalue weighted by atomic mass is 16.3. The van der Waals surface area contributed by atoms with E-state index in [1.165, 1.54) is 45.0 Å². The molecule has 0 radical (unpaired) electrons. The Bertz CT molecular complexity index is 1440. The molecule has 2 aliphatic heterocycles. The molecule has 0 amide bonds. The molecule has 2 atom stereocenters. The Labute approximate surface area is 162 Å². The predicted molar refractivity (Wildman–Crippen MR) is 101 cm³/mol. The van der Waals surface area contributed by atoms with Crippen molar-refractivity contribution in [1.29, 1.82) is 0 Å². The number of fused-ring (bicyclic) bond motifs is 4. The van der Waals surface area contributed by atoms with Gasteiger partial charge in [-0.25, -0.2) is 47.0 Å². The van der Waals surface area contributed by atoms with Gasteiger partial charge in [0.2, 0.25) is 0 Å². The molecular weight excluding hydrogens is 380 g/mol. The van der Waals surface area contributed by atoms with Crippen molar-refractivity contribution in [1.82, 2.24) is 27.9 Å². The van der Waals surface area contributed by atoms with Gasteiger partial charge in [0.15, 0.2) is 0 Å². The summed E-state index contributed by atoms with van der Waals surface area (Å²) in [5, 5.41) is 9.97. The Morgan fingerprint density at radius 3 is 2.24 bits per heavy atom. The topological polar surface area (TPSA) is 118 Å². The summed E-state index contributed by atoms with van der Waals surface area (Å²) >= 11 is 0. The van der Waals surface area contributed by atoms with E-state index in [1.807, 2.05) is 6.08 Å². The molecule has 29 heavy (non-hydrogen) atoms. The fourth-order valence-corrected chi connectivity index (χ4v) is 4.37. The molecule has 0 fully saturated rings. The van der Waals surface area contributed by atoms with Crippen LogP contribution in [-0.4, -0.2) is 33.0 Å². The highest BCUT2D eigenvalue weighted by Gasteiger charge is 2.40. The normalized spacial score (nSPS) is 20.0. The molecule has 0 spiro atoms. The standard InChI is InChI=1S/C18H18N6O5/c1-19-15(26)21-7-6-12-13(23(21)17(19)28)9-22-16(27)20(2)18(29)24(22)14(12)10-4-3-5-11(25)8-10/h3-6,8,13-14,25H,7,9H2,1-2H3/t13-,14+/m1/s1. The number of rotatable bonds is 1. The van der Waals surface area contributed by atoms with Crippen LogP contribution in [0.3, 0.4) is 0 Å². The van der Waals surface area contributed by atoms with Crippen LogP contribution >= 0.6 is 0 Å². The summed E-state index contributed by atoms with van der Waals surface area (Å²) < 4.78 is 7.35. The van der Waals surface area contributed by atoms with Crippen LogP contribution in [0.4, 0.5) is 0 Å². The zero-order valence-corrected chi connectivity index (χ0v) is 15.7. The second-order valence-electron chi connectivity index (χ2n) is 7.32. The van der Waals surface area contributed by atoms with E-state index >= 15 is 0 Å². The second-order valence-corrected chi connectivity index (χ2v) is 7.32. The van der Waals surface area contributed by atoms with Gasteiger partial charge in [0.25, 0.3) is 0 Å². The summed E-state index contributed by atoms with van der Waals surface area (Å²) in [6.07, 6.45) is 1.81. The third-order valence-electron chi connectivity index (χ3n) is 5.77. The third kappa shape index (κ3) is 2.12. The lowest BCUT2D eigenvalue weighted by molar-refractivity contribution is 0.246. The lowest BCUT2D eigenvalue weighted by Crippen LogP contribution is -2.46. The molecular formula is C18H18N6O5. The molecule has 11 heteroatoms. The molecule has 0 aliphatic carbocycles. The number of hydrogen-bond donors (Lipinski definition) is 1. The van der Waals surface area contributed by atoms with Gasteiger partial charge >= 0.3 is 22.8 Å². The van der Waals surface area contributed by atoms with Crippen LogP contribution in [0, 0.1) is 0 Å². The molecule has 150 valence electrons. The number of aromatic nitrogens is 6. The fraction of sp³-hybridized carbons (Fsp3) is 0.333. The van der Waals surface area contributed by atoms with Crippen molar-refractivity contribution < 1.29 is 5.11 Å². The van der Waals surface area contributed by atoms with Crippen LogP contribution in [-0.2, 0) is 27.2 Å². The van der Waals surface area contributed by atoms with E-state index in [0.29, 0.717) is 5.56 Å². The first kappa shape index (κ1) is 17.3. The van der Waals surface area contributed by atoms with Gasteiger partial charge in [0, 0.05) is 14.1 Å². The van der Waals surface area contributed by atoms with Crippen LogP contribution in [0.2, 0.25) is 0 Å². The number of nitrogens with zero attached hydrogens (tertiary/aromatic N) is 6. The van der Waals surface area contributed by atoms with Crippen molar-refractivity contribution in [2.75, 3.05) is 0 Å². The van der Waals surface area contributed by atoms with E-state index in [-0.39, 0.29) is 18.8 Å². The summed E-state index contributed by atoms with van der Waals surface area (Å²) in [6, 6.07) is 5.13. The number of benzene rings is 1. The third-order valence-corrected chi connectivity index (χ3v) is 5.77. The van der Waals surface area contributed by atoms with Gasteiger partial charge < -0.3 is 5.11 Å². The molecule has 1 N–H and O–H groups in total. The zero-order valence-electron chi connectivity index (χ0n) is 15.7. The van der Waals surface area contributed by atoms with Crippen molar-refractivity contribution in [3.63, 3.8) is 0 Å². The molecule has 2 aromatic heterocycles. The number of allylic oxidation sites excluding steroid dienone is 2. The molecule has 0 saturated heterocycles. The van der Waals surface area contributed by atoms with Crippen LogP contribution in [0.5, 0.6) is 5.75 Å². The highest BCUT2D eigenvalue weighted by Crippen LogP contribution is 2.38. The van der Waals surface area contributed by atoms with Crippen molar-refractivity contribution >= 4 is 0 Å². The maximum absolute atomic E-state index is 12.8. The predicted octanol–water partition coefficient (Wildman–Crippen LogP) is -1.50. The van der Waals surface area contributed by atoms with E-state index < -0.39 is 34.8 Å². The Balaban J connectivity index is 1.85. The van der Waals surface area contributed by atoms with E-state index in [1.54, 1.807) is 12.1 Å². The Kier molecular flexibility index (Phi) is 3.37. The van der Waals surface area contributed by atoms with Crippen LogP contribution in [0.1, 0.15) is 17.6 Å². The summed E-state index contributed by atoms with van der Waals surface area (Å²) in [5.41, 5.74) is -0.616. The average Bonchev–Trinajstić information content (AvgIpc) is 3.06. The minimum Gasteiger partial charge on any atom is -0.508 e. The van der Waals surface area contributed by atoms with E-state index in [2.05, 4.69) is 0 Å². The Morgan fingerprint density at radius 2 is 1.55 bits per heavy atom. The Morgan fingerprint density at radius 1 is 0.897 bits per heavy atom. The van der Waals surface area contributed by atoms with E-state index in [0.717, 1.165) is 14.7 Å². The molecule has 4 heterocycles. The van der Waals surface area contributed by atoms with Gasteiger partial charge in [-0.3, -0.25) is 0 Å². The van der Waals surface area contributed by atoms with Crippen molar-refractivity contribution in [3.05, 3.63) is 83.4 Å². The number of phenols is 1. The zero-order chi connectivity index (χ0) is 20.6. The SMILES string of the molecule is Cn1c(=O)n2n(c1=O)[C@@H]1Cn3c(=O)n(C)c(=O)n3[C@@H](c3cccc(O)c3)C1=CC2. The van der Waals surface area contributed by atoms with Crippen molar-refractivity contribution in [2.45, 2.75) is 25.2 Å². The molecule has 5 rings (SSSR count). The number of phenolic OH excluding ortho intramolecular Hbond substituents is 1. The largest absolute Gasteiger partial charge is 0.508 e. The monoisotopic (exact) mass is 398 g/mol. The minimum absolute atomic E-state index is 0.0210. The molecule has 11 nitrogen and oxygen atoms in total. The van der Waals surface area contributed by atoms with Crippen LogP contribution in [0.15, 0.2) is 55.1 Å². The molecule has 0 bridgehead atoms. The lowest BCUT2D eigenvalue weighted by atomic mass is 9.90. The molecule has 2 aliphatic rings. The van der Waals surface area contributed by atoms with Crippen molar-refractivity contribution in [3.8, 4) is 5.75 Å². The van der Waals surface area contributed by atoms with E-state index in [9.17, 15) is 24.3 Å². The minimum atomic E-state index is -0.696. The van der Waals surface area contributed by atoms with Gasteiger partial charge in [0.1, 0.15) is 11.8 Å². The quantitative estimate of drug-likeness (QED) is 0.501. The number of aromatic hydroxyl groups is 1. The second kappa shape index (κ2) is 5.63. The fourth-order valence-electron chi connectivity index (χ4n) is 4.37. The molecule has 3 aromatic rings.